The molecule has 0 bridgehead atoms. The van der Waals surface area contributed by atoms with Crippen LogP contribution in [0.2, 0.25) is 0 Å². The highest BCUT2D eigenvalue weighted by Crippen LogP contribution is 2.18. The molecule has 0 radical (unpaired) electrons. The fourth-order valence-corrected chi connectivity index (χ4v) is 1.93. The summed E-state index contributed by atoms with van der Waals surface area (Å²) < 4.78 is 0.986. The summed E-state index contributed by atoms with van der Waals surface area (Å²) in [5.74, 6) is 0.803. The lowest BCUT2D eigenvalue weighted by Gasteiger charge is -2.12. The molecule has 0 aliphatic heterocycles. The molecule has 2 aromatic rings. The first-order chi connectivity index (χ1) is 9.97. The first-order valence-electron chi connectivity index (χ1n) is 6.80. The smallest absolute Gasteiger partial charge is 0.246 e. The Morgan fingerprint density at radius 3 is 2.57 bits per heavy atom. The van der Waals surface area contributed by atoms with E-state index in [1.807, 2.05) is 38.1 Å². The van der Waals surface area contributed by atoms with Gasteiger partial charge in [-0.1, -0.05) is 29.8 Å². The van der Waals surface area contributed by atoms with Crippen molar-refractivity contribution in [3.63, 3.8) is 0 Å². The number of halogens is 1. The zero-order valence-electron chi connectivity index (χ0n) is 12.2. The van der Waals surface area contributed by atoms with Crippen molar-refractivity contribution in [1.29, 1.82) is 0 Å². The van der Waals surface area contributed by atoms with Gasteiger partial charge in [0.15, 0.2) is 0 Å². The minimum Gasteiger partial charge on any atom is -0.354 e. The second-order valence-corrected chi connectivity index (χ2v) is 6.17. The fraction of sp³-hybridized carbons (Fsp3) is 0.429. The van der Waals surface area contributed by atoms with Crippen molar-refractivity contribution >= 4 is 21.8 Å². The summed E-state index contributed by atoms with van der Waals surface area (Å²) in [4.78, 5) is 13.3. The van der Waals surface area contributed by atoms with Crippen LogP contribution >= 0.6 is 15.9 Å². The number of carbonyl (C=O) groups excluding carboxylic acids is 1. The molecule has 21 heavy (non-hydrogen) atoms. The lowest BCUT2D eigenvalue weighted by atomic mass is 10.2. The molecule has 1 amide bonds. The van der Waals surface area contributed by atoms with Crippen molar-refractivity contribution < 1.29 is 4.79 Å². The van der Waals surface area contributed by atoms with Gasteiger partial charge in [-0.3, -0.25) is 4.79 Å². The Morgan fingerprint density at radius 1 is 1.29 bits per heavy atom. The predicted molar refractivity (Wildman–Crippen MR) is 83.5 cm³/mol. The third-order valence-electron chi connectivity index (χ3n) is 2.94. The zero-order chi connectivity index (χ0) is 15.4. The number of tetrazole rings is 1. The lowest BCUT2D eigenvalue weighted by molar-refractivity contribution is -0.124. The summed E-state index contributed by atoms with van der Waals surface area (Å²) in [6.07, 6.45) is 0. The summed E-state index contributed by atoms with van der Waals surface area (Å²) in [7, 11) is 0. The van der Waals surface area contributed by atoms with Gasteiger partial charge in [-0.15, -0.1) is 10.2 Å². The van der Waals surface area contributed by atoms with Crippen LogP contribution in [0, 0.1) is 5.92 Å². The molecule has 0 aliphatic rings. The first-order valence-corrected chi connectivity index (χ1v) is 7.60. The Hall–Kier alpha value is -1.76. The van der Waals surface area contributed by atoms with Crippen LogP contribution in [-0.2, 0) is 4.79 Å². The number of nitrogens with zero attached hydrogens (tertiary/aromatic N) is 4. The highest BCUT2D eigenvalue weighted by Gasteiger charge is 2.18. The minimum absolute atomic E-state index is 0.108. The van der Waals surface area contributed by atoms with Crippen molar-refractivity contribution in [2.75, 3.05) is 6.54 Å². The van der Waals surface area contributed by atoms with Gasteiger partial charge in [-0.05, 0) is 42.3 Å². The molecule has 112 valence electrons. The van der Waals surface area contributed by atoms with Crippen molar-refractivity contribution in [3.8, 4) is 11.4 Å². The normalized spacial score (nSPS) is 12.4. The third-order valence-corrected chi connectivity index (χ3v) is 3.47. The third kappa shape index (κ3) is 4.10. The Kier molecular flexibility index (Phi) is 5.06. The van der Waals surface area contributed by atoms with E-state index in [0.29, 0.717) is 18.3 Å². The summed E-state index contributed by atoms with van der Waals surface area (Å²) in [5, 5.41) is 15.1. The highest BCUT2D eigenvalue weighted by molar-refractivity contribution is 9.10. The number of carbonyl (C=O) groups is 1. The van der Waals surface area contributed by atoms with Crippen molar-refractivity contribution in [2.45, 2.75) is 26.8 Å². The molecule has 6 nitrogen and oxygen atoms in total. The maximum atomic E-state index is 12.0. The van der Waals surface area contributed by atoms with Crippen LogP contribution in [-0.4, -0.2) is 32.7 Å². The van der Waals surface area contributed by atoms with Gasteiger partial charge in [0.2, 0.25) is 11.7 Å². The van der Waals surface area contributed by atoms with E-state index in [-0.39, 0.29) is 5.91 Å². The van der Waals surface area contributed by atoms with Crippen LogP contribution in [0.3, 0.4) is 0 Å². The van der Waals surface area contributed by atoms with E-state index in [2.05, 4.69) is 36.7 Å². The van der Waals surface area contributed by atoms with Crippen molar-refractivity contribution in [1.82, 2.24) is 25.5 Å². The maximum absolute atomic E-state index is 12.0. The Bertz CT molecular complexity index is 608. The molecule has 1 N–H and O–H groups in total. The molecular formula is C14H18BrN5O. The molecule has 0 saturated carbocycles. The molecule has 1 aromatic carbocycles. The van der Waals surface area contributed by atoms with E-state index in [1.165, 1.54) is 4.80 Å². The molecule has 1 heterocycles. The van der Waals surface area contributed by atoms with Gasteiger partial charge >= 0.3 is 0 Å². The predicted octanol–water partition coefficient (Wildman–Crippen LogP) is 2.44. The topological polar surface area (TPSA) is 72.7 Å². The Balaban J connectivity index is 2.08. The molecular weight excluding hydrogens is 334 g/mol. The molecule has 0 fully saturated rings. The van der Waals surface area contributed by atoms with Gasteiger partial charge in [-0.2, -0.15) is 4.80 Å². The van der Waals surface area contributed by atoms with Gasteiger partial charge < -0.3 is 5.32 Å². The van der Waals surface area contributed by atoms with Crippen LogP contribution in [0.1, 0.15) is 26.8 Å². The number of nitrogens with one attached hydrogen (secondary N) is 1. The number of aromatic nitrogens is 4. The molecule has 0 spiro atoms. The van der Waals surface area contributed by atoms with E-state index in [0.717, 1.165) is 10.0 Å². The molecule has 0 aliphatic carbocycles. The van der Waals surface area contributed by atoms with E-state index in [4.69, 9.17) is 0 Å². The van der Waals surface area contributed by atoms with Gasteiger partial charge in [0.05, 0.1) is 0 Å². The van der Waals surface area contributed by atoms with Crippen LogP contribution < -0.4 is 5.32 Å². The second-order valence-electron chi connectivity index (χ2n) is 5.26. The van der Waals surface area contributed by atoms with E-state index in [9.17, 15) is 4.79 Å². The number of hydrogen-bond donors (Lipinski definition) is 1. The molecule has 1 atom stereocenters. The van der Waals surface area contributed by atoms with Crippen molar-refractivity contribution in [3.05, 3.63) is 28.7 Å². The number of rotatable bonds is 5. The maximum Gasteiger partial charge on any atom is 0.246 e. The largest absolute Gasteiger partial charge is 0.354 e. The lowest BCUT2D eigenvalue weighted by Crippen LogP contribution is -2.34. The van der Waals surface area contributed by atoms with Crippen LogP contribution in [0.5, 0.6) is 0 Å². The van der Waals surface area contributed by atoms with Gasteiger partial charge in [0.25, 0.3) is 0 Å². The van der Waals surface area contributed by atoms with Gasteiger partial charge in [-0.25, -0.2) is 0 Å². The van der Waals surface area contributed by atoms with Gasteiger partial charge in [0, 0.05) is 16.6 Å². The zero-order valence-corrected chi connectivity index (χ0v) is 13.8. The highest BCUT2D eigenvalue weighted by atomic mass is 79.9. The summed E-state index contributed by atoms with van der Waals surface area (Å²) in [6, 6.07) is 7.13. The molecule has 1 aromatic heterocycles. The molecule has 2 rings (SSSR count). The first kappa shape index (κ1) is 15.6. The SMILES string of the molecule is CC(C)CNC(=O)C(C)n1nnc(-c2ccc(Br)cc2)n1. The summed E-state index contributed by atoms with van der Waals surface area (Å²) >= 11 is 3.38. The average molecular weight is 352 g/mol. The van der Waals surface area contributed by atoms with E-state index in [1.54, 1.807) is 6.92 Å². The minimum atomic E-state index is -0.486. The van der Waals surface area contributed by atoms with Crippen LogP contribution in [0.15, 0.2) is 28.7 Å². The molecule has 0 saturated heterocycles. The van der Waals surface area contributed by atoms with Gasteiger partial charge in [0.1, 0.15) is 6.04 Å². The number of amides is 1. The average Bonchev–Trinajstić information content (AvgIpc) is 2.94. The fourth-order valence-electron chi connectivity index (χ4n) is 1.66. The van der Waals surface area contributed by atoms with Crippen LogP contribution in [0.4, 0.5) is 0 Å². The molecule has 7 heteroatoms. The summed E-state index contributed by atoms with van der Waals surface area (Å²) in [6.45, 7) is 6.48. The second kappa shape index (κ2) is 6.80. The standard InChI is InChI=1S/C14H18BrN5O/c1-9(2)8-16-14(21)10(3)20-18-13(17-19-20)11-4-6-12(15)7-5-11/h4-7,9-10H,8H2,1-3H3,(H,16,21). The Labute approximate surface area is 132 Å². The van der Waals surface area contributed by atoms with E-state index < -0.39 is 6.04 Å². The molecule has 1 unspecified atom stereocenters. The Morgan fingerprint density at radius 2 is 1.95 bits per heavy atom. The van der Waals surface area contributed by atoms with E-state index >= 15 is 0 Å². The van der Waals surface area contributed by atoms with Crippen molar-refractivity contribution in [2.24, 2.45) is 5.92 Å². The monoisotopic (exact) mass is 351 g/mol. The summed E-state index contributed by atoms with van der Waals surface area (Å²) in [5.41, 5.74) is 0.860. The number of benzene rings is 1. The van der Waals surface area contributed by atoms with Crippen LogP contribution in [0.25, 0.3) is 11.4 Å². The quantitative estimate of drug-likeness (QED) is 0.897. The number of hydrogen-bond acceptors (Lipinski definition) is 4.